The lowest BCUT2D eigenvalue weighted by atomic mass is 9.30. The van der Waals surface area contributed by atoms with E-state index in [-0.39, 0.29) is 77.6 Å². The van der Waals surface area contributed by atoms with Crippen LogP contribution in [0.3, 0.4) is 0 Å². The third kappa shape index (κ3) is 9.89. The molecule has 14 aromatic rings. The fraction of sp³-hybridized carbons (Fsp3) is 0.170. The Morgan fingerprint density at radius 1 is 0.347 bits per heavy atom. The number of hydrogen-bond donors (Lipinski definition) is 0. The quantitative estimate of drug-likeness (QED) is 0.149. The van der Waals surface area contributed by atoms with Crippen LogP contribution in [0.5, 0.6) is 23.0 Å². The Morgan fingerprint density at radius 3 is 1.29 bits per heavy atom. The number of rotatable bonds is 7. The summed E-state index contributed by atoms with van der Waals surface area (Å²) in [6.07, 6.45) is 0. The summed E-state index contributed by atoms with van der Waals surface area (Å²) >= 11 is 0. The van der Waals surface area contributed by atoms with Crippen molar-refractivity contribution in [3.8, 4) is 73.2 Å². The van der Waals surface area contributed by atoms with Gasteiger partial charge < -0.3 is 23.8 Å². The molecule has 5 nitrogen and oxygen atoms in total. The maximum Gasteiger partial charge on any atom is 0.260 e. The lowest BCUT2D eigenvalue weighted by Crippen LogP contribution is -2.65. The summed E-state index contributed by atoms with van der Waals surface area (Å²) in [5.41, 5.74) is 6.08. The van der Waals surface area contributed by atoms with Gasteiger partial charge in [0.1, 0.15) is 23.0 Å². The minimum atomic E-state index is -1.62. The predicted molar refractivity (Wildman–Crippen MR) is 429 cm³/mol. The minimum Gasteiger partial charge on any atom is -0.459 e. The Hall–Kier alpha value is -11.0. The normalized spacial score (nSPS) is 16.3. The van der Waals surface area contributed by atoms with Crippen LogP contribution < -0.4 is 52.1 Å². The van der Waals surface area contributed by atoms with Crippen LogP contribution in [0.15, 0.2) is 273 Å². The van der Waals surface area contributed by atoms with Gasteiger partial charge in [0.2, 0.25) is 0 Å². The highest BCUT2D eigenvalue weighted by Gasteiger charge is 2.52. The Balaban J connectivity index is 1.15. The molecule has 0 amide bonds. The molecule has 1 aromatic heterocycles. The number of para-hydroxylation sites is 4. The summed E-state index contributed by atoms with van der Waals surface area (Å²) < 4.78 is 208. The van der Waals surface area contributed by atoms with Crippen molar-refractivity contribution in [2.75, 3.05) is 9.80 Å². The zero-order valence-electron chi connectivity index (χ0n) is 77.3. The molecule has 0 unspecified atom stereocenters. The zero-order chi connectivity index (χ0) is 85.7. The van der Waals surface area contributed by atoms with Crippen molar-refractivity contribution >= 4 is 102 Å². The molecule has 0 fully saturated rings. The largest absolute Gasteiger partial charge is 0.459 e. The number of benzene rings is 13. The first-order chi connectivity index (χ1) is 56.6. The van der Waals surface area contributed by atoms with Gasteiger partial charge in [0, 0.05) is 73.0 Å². The lowest BCUT2D eigenvalue weighted by Gasteiger charge is -2.48. The van der Waals surface area contributed by atoms with Crippen LogP contribution in [-0.4, -0.2) is 18.0 Å². The van der Waals surface area contributed by atoms with Gasteiger partial charge in [-0.15, -0.1) is 0 Å². The standard InChI is InChI=1S/C94H81B2N3O2/c1-91(2,3)62-50-68(58-32-17-13-18-33-58)87(69(51-62)59-34-19-14-20-35-59)98-77-56-65(97-76-45-28-25-40-66(76)67-41-31-42-72(89(67)97)94(10,11)12)48-49-73(77)96-84-78(98)54-64(93(7,8)9)55-79(84)99(88-70(60-36-21-15-22-37-60)52-63(92(4,5)6)53-71(88)61-38-23-16-24-39-61)80-57-83-86-90(85(80)96)101-82-47-30-27-44-75(82)95(86)74-43-26-29-46-81(74)100-83/h13-57H,1-12H3/i25D,26D,27D,28D,29D,30D,31D,40D,41D,42D,43D,44D,45D,46D,47D,48D,49D,56D,57D. The SMILES string of the molecule is [2H]c1c([2H])c([2H])c2c(c1[2H])Oc1c([2H])c3c(c4c1B2c1c([2H])c([2H])c([2H])c([2H])c1O4)B1c2c(cc(C(C)(C)C)cc2N3c2c(-c3ccccc3)cc(C(C)(C)C)cc2-c2ccccc2)N(c2c(-c3ccccc3)cc(C(C)(C)C)cc2-c2ccccc2)c2c([2H])c(-n3c4c([2H])c([2H])c([2H])c([2H])c4c4c([2H])c([2H])c([2H])c(C(C)(C)C)c43)c([2H])c([2H])c21. The topological polar surface area (TPSA) is 29.9 Å². The van der Waals surface area contributed by atoms with Gasteiger partial charge in [-0.3, -0.25) is 0 Å². The molecule has 18 rings (SSSR count). The van der Waals surface area contributed by atoms with Crippen molar-refractivity contribution in [2.24, 2.45) is 0 Å². The molecule has 7 heteroatoms. The maximum atomic E-state index is 12.0. The summed E-state index contributed by atoms with van der Waals surface area (Å²) in [6, 6.07) is 40.6. The molecule has 0 radical (unpaired) electrons. The van der Waals surface area contributed by atoms with E-state index in [0.29, 0.717) is 56.0 Å². The minimum absolute atomic E-state index is 0.0132. The van der Waals surface area contributed by atoms with Crippen molar-refractivity contribution < 1.29 is 35.5 Å². The maximum absolute atomic E-state index is 12.0. The van der Waals surface area contributed by atoms with E-state index in [1.54, 1.807) is 20.8 Å². The Morgan fingerprint density at radius 2 is 0.792 bits per heavy atom. The predicted octanol–water partition coefficient (Wildman–Crippen LogP) is 21.5. The van der Waals surface area contributed by atoms with Crippen LogP contribution in [0.1, 0.15) is 131 Å². The van der Waals surface area contributed by atoms with E-state index in [1.165, 1.54) is 4.57 Å². The molecule has 0 aliphatic carbocycles. The van der Waals surface area contributed by atoms with Crippen molar-refractivity contribution in [1.29, 1.82) is 0 Å². The van der Waals surface area contributed by atoms with E-state index in [0.717, 1.165) is 33.4 Å². The highest BCUT2D eigenvalue weighted by Crippen LogP contribution is 2.57. The average Bonchev–Trinajstić information content (AvgIpc) is 0.685. The molecule has 5 heterocycles. The summed E-state index contributed by atoms with van der Waals surface area (Å²) in [5, 5.41) is -0.359. The van der Waals surface area contributed by atoms with Crippen molar-refractivity contribution in [1.82, 2.24) is 4.57 Å². The molecule has 0 atom stereocenters. The van der Waals surface area contributed by atoms with Gasteiger partial charge in [-0.2, -0.15) is 0 Å². The molecule has 490 valence electrons. The van der Waals surface area contributed by atoms with Crippen molar-refractivity contribution in [2.45, 2.75) is 105 Å². The number of nitrogens with zero attached hydrogens (tertiary/aromatic N) is 3. The van der Waals surface area contributed by atoms with Crippen LogP contribution in [-0.2, 0) is 21.7 Å². The van der Waals surface area contributed by atoms with Crippen LogP contribution >= 0.6 is 0 Å². The summed E-state index contributed by atoms with van der Waals surface area (Å²) in [5.74, 6) is -1.30. The van der Waals surface area contributed by atoms with Crippen LogP contribution in [0, 0.1) is 0 Å². The molecule has 4 aliphatic heterocycles. The molecule has 0 spiro atoms. The van der Waals surface area contributed by atoms with Gasteiger partial charge in [-0.1, -0.05) is 283 Å². The number of hydrogen-bond acceptors (Lipinski definition) is 4. The molecule has 4 aliphatic rings. The highest BCUT2D eigenvalue weighted by molar-refractivity contribution is 7.03. The van der Waals surface area contributed by atoms with E-state index in [1.807, 2.05) is 131 Å². The fourth-order valence-electron chi connectivity index (χ4n) is 15.4. The molecule has 101 heavy (non-hydrogen) atoms. The zero-order valence-corrected chi connectivity index (χ0v) is 58.3. The first-order valence-electron chi connectivity index (χ1n) is 43.9. The van der Waals surface area contributed by atoms with Gasteiger partial charge in [-0.25, -0.2) is 0 Å². The van der Waals surface area contributed by atoms with E-state index in [9.17, 15) is 26.0 Å². The molecule has 0 N–H and O–H groups in total. The molecule has 0 saturated carbocycles. The highest BCUT2D eigenvalue weighted by atomic mass is 16.5. The van der Waals surface area contributed by atoms with Gasteiger partial charge in [0.25, 0.3) is 13.4 Å². The fourth-order valence-corrected chi connectivity index (χ4v) is 15.4. The first kappa shape index (κ1) is 44.9. The Labute approximate surface area is 622 Å². The summed E-state index contributed by atoms with van der Waals surface area (Å²) in [4.78, 5) is 4.00. The van der Waals surface area contributed by atoms with E-state index >= 15 is 0 Å². The van der Waals surface area contributed by atoms with Crippen LogP contribution in [0.25, 0.3) is 72.0 Å². The smallest absolute Gasteiger partial charge is 0.260 e. The van der Waals surface area contributed by atoms with E-state index < -0.39 is 167 Å². The molecule has 0 bridgehead atoms. The lowest BCUT2D eigenvalue weighted by molar-refractivity contribution is 0.467. The summed E-state index contributed by atoms with van der Waals surface area (Å²) in [6.45, 7) is 21.2. The second-order valence-electron chi connectivity index (χ2n) is 30.9. The number of aromatic nitrogens is 1. The molecule has 0 saturated heterocycles. The van der Waals surface area contributed by atoms with Gasteiger partial charge in [0.15, 0.2) is 0 Å². The number of fused-ring (bicyclic) bond motifs is 12. The van der Waals surface area contributed by atoms with Crippen LogP contribution in [0.4, 0.5) is 34.1 Å². The molecular formula is C94H81B2N3O2. The van der Waals surface area contributed by atoms with Crippen molar-refractivity contribution in [3.63, 3.8) is 0 Å². The van der Waals surface area contributed by atoms with Crippen molar-refractivity contribution in [3.05, 3.63) is 295 Å². The Bertz CT molecular complexity index is 6750. The average molecular weight is 1330 g/mol. The second kappa shape index (κ2) is 22.8. The first-order valence-corrected chi connectivity index (χ1v) is 34.4. The van der Waals surface area contributed by atoms with E-state index in [4.69, 9.17) is 9.47 Å². The number of anilines is 6. The third-order valence-corrected chi connectivity index (χ3v) is 20.4. The molecular weight excluding hydrogens is 1220 g/mol. The van der Waals surface area contributed by atoms with Gasteiger partial charge in [0.05, 0.1) is 48.5 Å². The number of ether oxygens (including phenoxy) is 2. The van der Waals surface area contributed by atoms with E-state index in [2.05, 4.69) is 98.7 Å². The third-order valence-electron chi connectivity index (χ3n) is 20.4. The second-order valence-corrected chi connectivity index (χ2v) is 30.9. The monoisotopic (exact) mass is 1320 g/mol. The van der Waals surface area contributed by atoms with Crippen LogP contribution in [0.2, 0.25) is 0 Å². The Kier molecular flexibility index (Phi) is 10.1. The van der Waals surface area contributed by atoms with Gasteiger partial charge >= 0.3 is 0 Å². The molecule has 13 aromatic carbocycles. The van der Waals surface area contributed by atoms with Gasteiger partial charge in [-0.05, 0) is 160 Å². The summed E-state index contributed by atoms with van der Waals surface area (Å²) in [7, 11) is 0.